The van der Waals surface area contributed by atoms with Crippen molar-refractivity contribution in [2.75, 3.05) is 13.2 Å². The second kappa shape index (κ2) is 7.24. The third kappa shape index (κ3) is 3.77. The van der Waals surface area contributed by atoms with E-state index in [2.05, 4.69) is 11.6 Å². The van der Waals surface area contributed by atoms with Gasteiger partial charge in [-0.2, -0.15) is 0 Å². The number of aromatic nitrogens is 2. The molecule has 4 heteroatoms. The van der Waals surface area contributed by atoms with Gasteiger partial charge in [-0.15, -0.1) is 6.58 Å². The lowest BCUT2D eigenvalue weighted by atomic mass is 10.0. The molecule has 1 aromatic heterocycles. The van der Waals surface area contributed by atoms with E-state index >= 15 is 0 Å². The zero-order valence-corrected chi connectivity index (χ0v) is 11.4. The van der Waals surface area contributed by atoms with Crippen molar-refractivity contribution in [1.82, 2.24) is 9.97 Å². The summed E-state index contributed by atoms with van der Waals surface area (Å²) in [5.74, 6) is 0.651. The van der Waals surface area contributed by atoms with E-state index in [9.17, 15) is 0 Å². The largest absolute Gasteiger partial charge is 0.476 e. The van der Waals surface area contributed by atoms with Crippen molar-refractivity contribution in [2.45, 2.75) is 44.9 Å². The van der Waals surface area contributed by atoms with Crippen LogP contribution in [0.15, 0.2) is 12.7 Å². The zero-order chi connectivity index (χ0) is 13.5. The van der Waals surface area contributed by atoms with Crippen LogP contribution in [0.2, 0.25) is 0 Å². The van der Waals surface area contributed by atoms with Crippen LogP contribution in [0.5, 0.6) is 5.88 Å². The highest BCUT2D eigenvalue weighted by Crippen LogP contribution is 2.23. The Labute approximate surface area is 114 Å². The summed E-state index contributed by atoms with van der Waals surface area (Å²) < 4.78 is 5.73. The quantitative estimate of drug-likeness (QED) is 0.605. The third-order valence-corrected chi connectivity index (χ3v) is 3.29. The van der Waals surface area contributed by atoms with Crippen LogP contribution in [0, 0.1) is 0 Å². The number of allylic oxidation sites excluding steroid dienone is 1. The van der Waals surface area contributed by atoms with Gasteiger partial charge in [0.25, 0.3) is 0 Å². The Morgan fingerprint density at radius 2 is 1.89 bits per heavy atom. The maximum atomic E-state index is 8.76. The van der Waals surface area contributed by atoms with Gasteiger partial charge in [-0.1, -0.05) is 6.08 Å². The minimum absolute atomic E-state index is 0.207. The molecule has 4 nitrogen and oxygen atoms in total. The van der Waals surface area contributed by atoms with Crippen LogP contribution in [-0.4, -0.2) is 28.3 Å². The standard InChI is InChI=1S/C15H22N2O2/c1-2-7-14-15(19-11-6-5-10-18)17-13-9-4-3-8-12(13)16-14/h2,18H,1,3-11H2. The van der Waals surface area contributed by atoms with Gasteiger partial charge in [-0.25, -0.2) is 9.97 Å². The van der Waals surface area contributed by atoms with Crippen LogP contribution >= 0.6 is 0 Å². The first-order valence-electron chi connectivity index (χ1n) is 7.08. The lowest BCUT2D eigenvalue weighted by Gasteiger charge is -2.17. The second-order valence-electron chi connectivity index (χ2n) is 4.85. The molecule has 0 radical (unpaired) electrons. The topological polar surface area (TPSA) is 55.2 Å². The molecule has 19 heavy (non-hydrogen) atoms. The van der Waals surface area contributed by atoms with Gasteiger partial charge in [0.05, 0.1) is 18.0 Å². The van der Waals surface area contributed by atoms with E-state index in [4.69, 9.17) is 14.8 Å². The molecule has 0 atom stereocenters. The van der Waals surface area contributed by atoms with E-state index in [0.717, 1.165) is 42.8 Å². The molecule has 0 bridgehead atoms. The number of ether oxygens (including phenoxy) is 1. The molecule has 1 N–H and O–H groups in total. The first-order valence-corrected chi connectivity index (χ1v) is 7.08. The van der Waals surface area contributed by atoms with Crippen LogP contribution in [-0.2, 0) is 19.3 Å². The van der Waals surface area contributed by atoms with Gasteiger partial charge in [-0.05, 0) is 38.5 Å². The number of aliphatic hydroxyl groups excluding tert-OH is 1. The Balaban J connectivity index is 2.11. The van der Waals surface area contributed by atoms with E-state index in [0.29, 0.717) is 18.9 Å². The molecule has 2 rings (SSSR count). The van der Waals surface area contributed by atoms with Crippen molar-refractivity contribution in [3.05, 3.63) is 29.7 Å². The van der Waals surface area contributed by atoms with Crippen LogP contribution < -0.4 is 4.74 Å². The summed E-state index contributed by atoms with van der Waals surface area (Å²) >= 11 is 0. The van der Waals surface area contributed by atoms with Gasteiger partial charge < -0.3 is 9.84 Å². The Bertz CT molecular complexity index is 432. The fourth-order valence-corrected chi connectivity index (χ4v) is 2.28. The van der Waals surface area contributed by atoms with Gasteiger partial charge >= 0.3 is 0 Å². The predicted molar refractivity (Wildman–Crippen MR) is 74.4 cm³/mol. The van der Waals surface area contributed by atoms with Crippen molar-refractivity contribution in [2.24, 2.45) is 0 Å². The first-order chi connectivity index (χ1) is 9.35. The fourth-order valence-electron chi connectivity index (χ4n) is 2.28. The van der Waals surface area contributed by atoms with Gasteiger partial charge in [0.2, 0.25) is 5.88 Å². The summed E-state index contributed by atoms with van der Waals surface area (Å²) in [7, 11) is 0. The Kier molecular flexibility index (Phi) is 5.33. The molecule has 0 fully saturated rings. The molecule has 0 saturated heterocycles. The Morgan fingerprint density at radius 3 is 2.58 bits per heavy atom. The van der Waals surface area contributed by atoms with Gasteiger partial charge in [0.1, 0.15) is 5.69 Å². The predicted octanol–water partition coefficient (Wildman–Crippen LogP) is 2.24. The molecule has 0 spiro atoms. The van der Waals surface area contributed by atoms with E-state index in [1.807, 2.05) is 6.08 Å². The number of rotatable bonds is 7. The Hall–Kier alpha value is -1.42. The molecule has 0 aromatic carbocycles. The van der Waals surface area contributed by atoms with Crippen molar-refractivity contribution in [1.29, 1.82) is 0 Å². The highest BCUT2D eigenvalue weighted by Gasteiger charge is 2.16. The number of hydrogen-bond acceptors (Lipinski definition) is 4. The van der Waals surface area contributed by atoms with E-state index < -0.39 is 0 Å². The van der Waals surface area contributed by atoms with Crippen molar-refractivity contribution < 1.29 is 9.84 Å². The molecule has 1 aromatic rings. The molecule has 1 aliphatic rings. The van der Waals surface area contributed by atoms with Crippen molar-refractivity contribution >= 4 is 0 Å². The summed E-state index contributed by atoms with van der Waals surface area (Å²) in [6, 6.07) is 0. The smallest absolute Gasteiger partial charge is 0.236 e. The molecule has 0 unspecified atom stereocenters. The summed E-state index contributed by atoms with van der Waals surface area (Å²) in [4.78, 5) is 9.33. The molecule has 1 heterocycles. The summed E-state index contributed by atoms with van der Waals surface area (Å²) in [5, 5.41) is 8.76. The second-order valence-corrected chi connectivity index (χ2v) is 4.85. The highest BCUT2D eigenvalue weighted by molar-refractivity contribution is 5.28. The number of hydrogen-bond donors (Lipinski definition) is 1. The minimum Gasteiger partial charge on any atom is -0.476 e. The van der Waals surface area contributed by atoms with Crippen molar-refractivity contribution in [3.8, 4) is 5.88 Å². The van der Waals surface area contributed by atoms with Gasteiger partial charge in [-0.3, -0.25) is 0 Å². The maximum Gasteiger partial charge on any atom is 0.236 e. The molecule has 0 amide bonds. The van der Waals surface area contributed by atoms with Crippen molar-refractivity contribution in [3.63, 3.8) is 0 Å². The minimum atomic E-state index is 0.207. The highest BCUT2D eigenvalue weighted by atomic mass is 16.5. The number of aliphatic hydroxyl groups is 1. The molecule has 0 aliphatic heterocycles. The van der Waals surface area contributed by atoms with E-state index in [1.165, 1.54) is 12.8 Å². The lowest BCUT2D eigenvalue weighted by Crippen LogP contribution is -2.13. The normalized spacial score (nSPS) is 13.9. The summed E-state index contributed by atoms with van der Waals surface area (Å²) in [5.41, 5.74) is 3.11. The molecular weight excluding hydrogens is 240 g/mol. The molecular formula is C15H22N2O2. The third-order valence-electron chi connectivity index (χ3n) is 3.29. The van der Waals surface area contributed by atoms with E-state index in [1.54, 1.807) is 0 Å². The summed E-state index contributed by atoms with van der Waals surface area (Å²) in [6.07, 6.45) is 8.53. The lowest BCUT2D eigenvalue weighted by molar-refractivity contribution is 0.247. The van der Waals surface area contributed by atoms with Crippen LogP contribution in [0.1, 0.15) is 42.8 Å². The maximum absolute atomic E-state index is 8.76. The average Bonchev–Trinajstić information content (AvgIpc) is 2.44. The molecule has 0 saturated carbocycles. The zero-order valence-electron chi connectivity index (χ0n) is 11.4. The average molecular weight is 262 g/mol. The number of nitrogens with zero attached hydrogens (tertiary/aromatic N) is 2. The fraction of sp³-hybridized carbons (Fsp3) is 0.600. The monoisotopic (exact) mass is 262 g/mol. The number of fused-ring (bicyclic) bond motifs is 1. The van der Waals surface area contributed by atoms with Crippen LogP contribution in [0.4, 0.5) is 0 Å². The van der Waals surface area contributed by atoms with Crippen LogP contribution in [0.3, 0.4) is 0 Å². The van der Waals surface area contributed by atoms with Crippen LogP contribution in [0.25, 0.3) is 0 Å². The Morgan fingerprint density at radius 1 is 1.16 bits per heavy atom. The molecule has 104 valence electrons. The first kappa shape index (κ1) is 14.0. The number of aryl methyl sites for hydroxylation is 2. The van der Waals surface area contributed by atoms with Gasteiger partial charge in [0.15, 0.2) is 0 Å². The van der Waals surface area contributed by atoms with Gasteiger partial charge in [0, 0.05) is 13.0 Å². The SMILES string of the molecule is C=CCc1nc2c(nc1OCCCCO)CCCC2. The number of unbranched alkanes of at least 4 members (excludes halogenated alkanes) is 1. The molecule has 1 aliphatic carbocycles. The van der Waals surface area contributed by atoms with E-state index in [-0.39, 0.29) is 6.61 Å². The summed E-state index contributed by atoms with van der Waals surface area (Å²) in [6.45, 7) is 4.55.